The zero-order valence-corrected chi connectivity index (χ0v) is 11.1. The van der Waals surface area contributed by atoms with Gasteiger partial charge in [0.15, 0.2) is 0 Å². The van der Waals surface area contributed by atoms with Gasteiger partial charge >= 0.3 is 0 Å². The first-order valence-corrected chi connectivity index (χ1v) is 6.00. The Hall–Kier alpha value is -1.17. The fourth-order valence-electron chi connectivity index (χ4n) is 1.17. The Morgan fingerprint density at radius 3 is 2.71 bits per heavy atom. The van der Waals surface area contributed by atoms with Gasteiger partial charge in [0.1, 0.15) is 5.75 Å². The molecule has 0 saturated heterocycles. The standard InChI is InChI=1S/C11H9BrClN3O/c12-9-3-7(13)1-2-10(9)17-11-6-15-8(4-14)5-16-11/h1-3,5-6H,4,14H2. The van der Waals surface area contributed by atoms with E-state index in [1.165, 1.54) is 6.20 Å². The molecule has 6 heteroatoms. The average Bonchev–Trinajstić information content (AvgIpc) is 2.34. The molecule has 0 fully saturated rings. The van der Waals surface area contributed by atoms with Crippen molar-refractivity contribution in [3.63, 3.8) is 0 Å². The summed E-state index contributed by atoms with van der Waals surface area (Å²) in [5, 5.41) is 0.633. The number of hydrogen-bond acceptors (Lipinski definition) is 4. The highest BCUT2D eigenvalue weighted by atomic mass is 79.9. The fraction of sp³-hybridized carbons (Fsp3) is 0.0909. The molecule has 0 atom stereocenters. The topological polar surface area (TPSA) is 61.0 Å². The number of hydrogen-bond donors (Lipinski definition) is 1. The number of nitrogens with zero attached hydrogens (tertiary/aromatic N) is 2. The monoisotopic (exact) mass is 313 g/mol. The molecular weight excluding hydrogens is 305 g/mol. The quantitative estimate of drug-likeness (QED) is 0.945. The minimum absolute atomic E-state index is 0.359. The summed E-state index contributed by atoms with van der Waals surface area (Å²) in [6, 6.07) is 5.24. The van der Waals surface area contributed by atoms with E-state index >= 15 is 0 Å². The lowest BCUT2D eigenvalue weighted by Gasteiger charge is -2.06. The van der Waals surface area contributed by atoms with Crippen LogP contribution in [0.5, 0.6) is 11.6 Å². The molecule has 88 valence electrons. The van der Waals surface area contributed by atoms with Gasteiger partial charge < -0.3 is 10.5 Å². The second-order valence-corrected chi connectivity index (χ2v) is 4.52. The minimum atomic E-state index is 0.359. The van der Waals surface area contributed by atoms with Crippen LogP contribution >= 0.6 is 27.5 Å². The number of benzene rings is 1. The molecule has 0 saturated carbocycles. The summed E-state index contributed by atoms with van der Waals surface area (Å²) in [6.07, 6.45) is 3.11. The largest absolute Gasteiger partial charge is 0.436 e. The smallest absolute Gasteiger partial charge is 0.237 e. The second-order valence-electron chi connectivity index (χ2n) is 3.23. The molecule has 0 aliphatic carbocycles. The van der Waals surface area contributed by atoms with Gasteiger partial charge in [0, 0.05) is 11.6 Å². The van der Waals surface area contributed by atoms with Gasteiger partial charge in [-0.1, -0.05) is 11.6 Å². The van der Waals surface area contributed by atoms with Crippen LogP contribution in [0.25, 0.3) is 0 Å². The molecule has 2 rings (SSSR count). The van der Waals surface area contributed by atoms with Crippen LogP contribution in [0.2, 0.25) is 5.02 Å². The average molecular weight is 315 g/mol. The Kier molecular flexibility index (Phi) is 3.93. The summed E-state index contributed by atoms with van der Waals surface area (Å²) in [7, 11) is 0. The van der Waals surface area contributed by atoms with Gasteiger partial charge in [0.25, 0.3) is 0 Å². The van der Waals surface area contributed by atoms with E-state index in [1.807, 2.05) is 0 Å². The maximum Gasteiger partial charge on any atom is 0.237 e. The molecule has 0 spiro atoms. The van der Waals surface area contributed by atoms with E-state index in [2.05, 4.69) is 25.9 Å². The van der Waals surface area contributed by atoms with Gasteiger partial charge in [-0.05, 0) is 34.1 Å². The predicted octanol–water partition coefficient (Wildman–Crippen LogP) is 3.14. The molecule has 0 radical (unpaired) electrons. The lowest BCUT2D eigenvalue weighted by Crippen LogP contribution is -2.00. The van der Waals surface area contributed by atoms with Crippen LogP contribution in [0.4, 0.5) is 0 Å². The Bertz CT molecular complexity index is 519. The lowest BCUT2D eigenvalue weighted by atomic mass is 10.3. The molecule has 2 aromatic rings. The molecule has 1 aromatic heterocycles. The highest BCUT2D eigenvalue weighted by Gasteiger charge is 2.04. The van der Waals surface area contributed by atoms with Gasteiger partial charge in [-0.3, -0.25) is 4.98 Å². The van der Waals surface area contributed by atoms with Crippen LogP contribution in [0.1, 0.15) is 5.69 Å². The zero-order chi connectivity index (χ0) is 12.3. The summed E-state index contributed by atoms with van der Waals surface area (Å²) >= 11 is 9.19. The van der Waals surface area contributed by atoms with Gasteiger partial charge in [0.05, 0.1) is 22.6 Å². The lowest BCUT2D eigenvalue weighted by molar-refractivity contribution is 0.456. The molecular formula is C11H9BrClN3O. The van der Waals surface area contributed by atoms with Crippen molar-refractivity contribution in [1.82, 2.24) is 9.97 Å². The van der Waals surface area contributed by atoms with Gasteiger partial charge in [-0.2, -0.15) is 0 Å². The zero-order valence-electron chi connectivity index (χ0n) is 8.73. The minimum Gasteiger partial charge on any atom is -0.436 e. The summed E-state index contributed by atoms with van der Waals surface area (Å²) in [5.41, 5.74) is 6.14. The van der Waals surface area contributed by atoms with E-state index in [-0.39, 0.29) is 0 Å². The van der Waals surface area contributed by atoms with Crippen molar-refractivity contribution in [2.75, 3.05) is 0 Å². The summed E-state index contributed by atoms with van der Waals surface area (Å²) in [6.45, 7) is 0.359. The number of ether oxygens (including phenoxy) is 1. The molecule has 0 bridgehead atoms. The Morgan fingerprint density at radius 1 is 1.29 bits per heavy atom. The third-order valence-corrected chi connectivity index (χ3v) is 2.85. The molecule has 1 heterocycles. The Balaban J connectivity index is 2.19. The molecule has 0 unspecified atom stereocenters. The predicted molar refractivity (Wildman–Crippen MR) is 69.1 cm³/mol. The van der Waals surface area contributed by atoms with Crippen molar-refractivity contribution >= 4 is 27.5 Å². The van der Waals surface area contributed by atoms with Gasteiger partial charge in [0.2, 0.25) is 5.88 Å². The molecule has 2 N–H and O–H groups in total. The summed E-state index contributed by atoms with van der Waals surface area (Å²) < 4.78 is 6.30. The van der Waals surface area contributed by atoms with E-state index in [9.17, 15) is 0 Å². The second kappa shape index (κ2) is 5.44. The maximum atomic E-state index is 5.83. The maximum absolute atomic E-state index is 5.83. The molecule has 4 nitrogen and oxygen atoms in total. The third-order valence-electron chi connectivity index (χ3n) is 2.00. The number of aromatic nitrogens is 2. The van der Waals surface area contributed by atoms with Gasteiger partial charge in [-0.15, -0.1) is 0 Å². The van der Waals surface area contributed by atoms with Crippen LogP contribution in [0.3, 0.4) is 0 Å². The highest BCUT2D eigenvalue weighted by Crippen LogP contribution is 2.30. The van der Waals surface area contributed by atoms with Crippen molar-refractivity contribution < 1.29 is 4.74 Å². The van der Waals surface area contributed by atoms with Crippen molar-refractivity contribution in [2.24, 2.45) is 5.73 Å². The summed E-state index contributed by atoms with van der Waals surface area (Å²) in [4.78, 5) is 8.18. The number of halogens is 2. The summed E-state index contributed by atoms with van der Waals surface area (Å²) in [5.74, 6) is 1.04. The first kappa shape index (κ1) is 12.3. The van der Waals surface area contributed by atoms with Crippen LogP contribution in [0.15, 0.2) is 35.1 Å². The SMILES string of the molecule is NCc1cnc(Oc2ccc(Cl)cc2Br)cn1. The molecule has 0 amide bonds. The Morgan fingerprint density at radius 2 is 2.12 bits per heavy atom. The number of nitrogens with two attached hydrogens (primary N) is 1. The van der Waals surface area contributed by atoms with Crippen molar-refractivity contribution in [3.8, 4) is 11.6 Å². The van der Waals surface area contributed by atoms with E-state index < -0.39 is 0 Å². The molecule has 0 aliphatic rings. The van der Waals surface area contributed by atoms with E-state index in [4.69, 9.17) is 22.1 Å². The van der Waals surface area contributed by atoms with Crippen molar-refractivity contribution in [3.05, 3.63) is 45.8 Å². The fourth-order valence-corrected chi connectivity index (χ4v) is 1.94. The van der Waals surface area contributed by atoms with E-state index in [0.29, 0.717) is 28.9 Å². The third kappa shape index (κ3) is 3.15. The molecule has 1 aromatic carbocycles. The van der Waals surface area contributed by atoms with Crippen LogP contribution in [-0.2, 0) is 6.54 Å². The first-order valence-electron chi connectivity index (χ1n) is 4.83. The van der Waals surface area contributed by atoms with Crippen LogP contribution in [-0.4, -0.2) is 9.97 Å². The first-order chi connectivity index (χ1) is 8.19. The van der Waals surface area contributed by atoms with Crippen LogP contribution < -0.4 is 10.5 Å². The van der Waals surface area contributed by atoms with E-state index in [1.54, 1.807) is 24.4 Å². The van der Waals surface area contributed by atoms with Crippen molar-refractivity contribution in [1.29, 1.82) is 0 Å². The van der Waals surface area contributed by atoms with E-state index in [0.717, 1.165) is 4.47 Å². The normalized spacial score (nSPS) is 10.3. The highest BCUT2D eigenvalue weighted by molar-refractivity contribution is 9.10. The molecule has 17 heavy (non-hydrogen) atoms. The van der Waals surface area contributed by atoms with Crippen LogP contribution in [0, 0.1) is 0 Å². The van der Waals surface area contributed by atoms with Gasteiger partial charge in [-0.25, -0.2) is 4.98 Å². The van der Waals surface area contributed by atoms with Crippen molar-refractivity contribution in [2.45, 2.75) is 6.54 Å². The molecule has 0 aliphatic heterocycles. The number of rotatable bonds is 3. The Labute approximate surface area is 112 Å².